The molecule has 5 heteroatoms. The van der Waals surface area contributed by atoms with Crippen molar-refractivity contribution in [3.8, 4) is 11.8 Å². The van der Waals surface area contributed by atoms with Crippen molar-refractivity contribution in [1.29, 1.82) is 0 Å². The molecule has 5 nitrogen and oxygen atoms in total. The highest BCUT2D eigenvalue weighted by Crippen LogP contribution is 2.10. The van der Waals surface area contributed by atoms with Crippen molar-refractivity contribution in [3.63, 3.8) is 0 Å². The molecule has 1 atom stereocenters. The molecule has 1 aliphatic heterocycles. The molecule has 2 N–H and O–H groups in total. The van der Waals surface area contributed by atoms with Gasteiger partial charge in [-0.1, -0.05) is 17.9 Å². The number of aliphatic hydroxyl groups is 1. The van der Waals surface area contributed by atoms with Crippen LogP contribution in [0.4, 0.5) is 0 Å². The van der Waals surface area contributed by atoms with Gasteiger partial charge in [-0.05, 0) is 24.6 Å². The molecule has 0 radical (unpaired) electrons. The number of rotatable bonds is 2. The number of benzene rings is 1. The van der Waals surface area contributed by atoms with Crippen molar-refractivity contribution in [2.75, 3.05) is 20.2 Å². The summed E-state index contributed by atoms with van der Waals surface area (Å²) in [6.45, 7) is 0.436. The molecule has 2 rings (SSSR count). The Balaban J connectivity index is 2.08. The van der Waals surface area contributed by atoms with E-state index in [4.69, 9.17) is 5.11 Å². The second-order valence-electron chi connectivity index (χ2n) is 4.62. The number of aliphatic hydroxyl groups excluding tert-OH is 1. The van der Waals surface area contributed by atoms with Crippen LogP contribution in [0.5, 0.6) is 0 Å². The molecular formula is C15H16N2O3. The molecular weight excluding hydrogens is 256 g/mol. The maximum absolute atomic E-state index is 12.1. The average Bonchev–Trinajstić information content (AvgIpc) is 2.77. The van der Waals surface area contributed by atoms with Gasteiger partial charge in [0.05, 0.1) is 0 Å². The summed E-state index contributed by atoms with van der Waals surface area (Å²) >= 11 is 0. The topological polar surface area (TPSA) is 69.6 Å². The molecule has 0 spiro atoms. The Hall–Kier alpha value is -2.32. The molecule has 104 valence electrons. The zero-order valence-corrected chi connectivity index (χ0v) is 11.2. The number of hydrogen-bond acceptors (Lipinski definition) is 3. The van der Waals surface area contributed by atoms with E-state index in [0.717, 1.165) is 0 Å². The fourth-order valence-corrected chi connectivity index (χ4v) is 2.08. The Morgan fingerprint density at radius 2 is 2.35 bits per heavy atom. The van der Waals surface area contributed by atoms with Crippen molar-refractivity contribution in [2.24, 2.45) is 0 Å². The monoisotopic (exact) mass is 272 g/mol. The third-order valence-electron chi connectivity index (χ3n) is 3.17. The second-order valence-corrected chi connectivity index (χ2v) is 4.62. The molecule has 1 aliphatic rings. The van der Waals surface area contributed by atoms with E-state index in [0.29, 0.717) is 24.1 Å². The van der Waals surface area contributed by atoms with Crippen LogP contribution in [-0.4, -0.2) is 48.1 Å². The lowest BCUT2D eigenvalue weighted by molar-refractivity contribution is -0.128. The standard InChI is InChI=1S/C15H16N2O3/c1-17-8-7-13(15(17)20)16-14(19)12-6-2-4-11(10-12)5-3-9-18/h2,4,6,10,13,18H,7-9H2,1H3,(H,16,19). The fourth-order valence-electron chi connectivity index (χ4n) is 2.08. The van der Waals surface area contributed by atoms with Crippen molar-refractivity contribution in [2.45, 2.75) is 12.5 Å². The van der Waals surface area contributed by atoms with Crippen LogP contribution in [0, 0.1) is 11.8 Å². The van der Waals surface area contributed by atoms with E-state index < -0.39 is 6.04 Å². The van der Waals surface area contributed by atoms with E-state index in [2.05, 4.69) is 17.2 Å². The quantitative estimate of drug-likeness (QED) is 0.744. The van der Waals surface area contributed by atoms with E-state index in [1.54, 1.807) is 36.2 Å². The van der Waals surface area contributed by atoms with Gasteiger partial charge in [0.15, 0.2) is 0 Å². The summed E-state index contributed by atoms with van der Waals surface area (Å²) in [7, 11) is 1.72. The lowest BCUT2D eigenvalue weighted by Gasteiger charge is -2.12. The Bertz CT molecular complexity index is 586. The molecule has 1 aromatic carbocycles. The maximum Gasteiger partial charge on any atom is 0.251 e. The van der Waals surface area contributed by atoms with Crippen LogP contribution in [0.15, 0.2) is 24.3 Å². The summed E-state index contributed by atoms with van der Waals surface area (Å²) < 4.78 is 0. The molecule has 20 heavy (non-hydrogen) atoms. The van der Waals surface area contributed by atoms with Gasteiger partial charge in [-0.15, -0.1) is 0 Å². The first-order valence-electron chi connectivity index (χ1n) is 6.37. The summed E-state index contributed by atoms with van der Waals surface area (Å²) in [4.78, 5) is 25.4. The van der Waals surface area contributed by atoms with Gasteiger partial charge in [0.25, 0.3) is 5.91 Å². The predicted octanol–water partition coefficient (Wildman–Crippen LogP) is -0.00910. The Labute approximate surface area is 117 Å². The van der Waals surface area contributed by atoms with Crippen LogP contribution >= 0.6 is 0 Å². The zero-order chi connectivity index (χ0) is 14.5. The van der Waals surface area contributed by atoms with Crippen LogP contribution in [-0.2, 0) is 4.79 Å². The fraction of sp³-hybridized carbons (Fsp3) is 0.333. The SMILES string of the molecule is CN1CCC(NC(=O)c2cccc(C#CCO)c2)C1=O. The first kappa shape index (κ1) is 14.1. The van der Waals surface area contributed by atoms with Crippen LogP contribution in [0.3, 0.4) is 0 Å². The van der Waals surface area contributed by atoms with E-state index in [9.17, 15) is 9.59 Å². The minimum absolute atomic E-state index is 0.0606. The molecule has 1 saturated heterocycles. The number of likely N-dealkylation sites (N-methyl/N-ethyl adjacent to an activating group) is 1. The largest absolute Gasteiger partial charge is 0.384 e. The van der Waals surface area contributed by atoms with Gasteiger partial charge in [0.2, 0.25) is 5.91 Å². The highest BCUT2D eigenvalue weighted by molar-refractivity contribution is 5.98. The molecule has 0 bridgehead atoms. The van der Waals surface area contributed by atoms with Crippen LogP contribution in [0.2, 0.25) is 0 Å². The molecule has 0 saturated carbocycles. The van der Waals surface area contributed by atoms with Crippen molar-refractivity contribution >= 4 is 11.8 Å². The number of amides is 2. The van der Waals surface area contributed by atoms with Crippen molar-refractivity contribution < 1.29 is 14.7 Å². The number of nitrogens with one attached hydrogen (secondary N) is 1. The number of likely N-dealkylation sites (tertiary alicyclic amines) is 1. The Morgan fingerprint density at radius 1 is 1.55 bits per heavy atom. The Kier molecular flexibility index (Phi) is 4.38. The number of nitrogens with zero attached hydrogens (tertiary/aromatic N) is 1. The first-order valence-corrected chi connectivity index (χ1v) is 6.37. The van der Waals surface area contributed by atoms with Gasteiger partial charge in [-0.2, -0.15) is 0 Å². The number of carbonyl (C=O) groups is 2. The molecule has 2 amide bonds. The predicted molar refractivity (Wildman–Crippen MR) is 73.9 cm³/mol. The zero-order valence-electron chi connectivity index (χ0n) is 11.2. The van der Waals surface area contributed by atoms with Crippen molar-refractivity contribution in [1.82, 2.24) is 10.2 Å². The Morgan fingerprint density at radius 3 is 3.00 bits per heavy atom. The summed E-state index contributed by atoms with van der Waals surface area (Å²) in [6, 6.07) is 6.34. The van der Waals surface area contributed by atoms with Gasteiger partial charge in [0, 0.05) is 24.7 Å². The van der Waals surface area contributed by atoms with Crippen LogP contribution in [0.25, 0.3) is 0 Å². The highest BCUT2D eigenvalue weighted by Gasteiger charge is 2.30. The van der Waals surface area contributed by atoms with Gasteiger partial charge in [-0.3, -0.25) is 9.59 Å². The minimum Gasteiger partial charge on any atom is -0.384 e. The van der Waals surface area contributed by atoms with E-state index in [1.165, 1.54) is 0 Å². The molecule has 1 aromatic rings. The summed E-state index contributed by atoms with van der Waals surface area (Å²) in [6.07, 6.45) is 0.630. The molecule has 1 fully saturated rings. The highest BCUT2D eigenvalue weighted by atomic mass is 16.2. The molecule has 1 unspecified atom stereocenters. The maximum atomic E-state index is 12.1. The normalized spacial score (nSPS) is 17.6. The molecule has 0 aliphatic carbocycles. The van der Waals surface area contributed by atoms with Crippen molar-refractivity contribution in [3.05, 3.63) is 35.4 Å². The molecule has 0 aromatic heterocycles. The van der Waals surface area contributed by atoms with Crippen LogP contribution in [0.1, 0.15) is 22.3 Å². The smallest absolute Gasteiger partial charge is 0.251 e. The number of hydrogen-bond donors (Lipinski definition) is 2. The second kappa shape index (κ2) is 6.22. The summed E-state index contributed by atoms with van der Waals surface area (Å²) in [5.41, 5.74) is 1.11. The van der Waals surface area contributed by atoms with Gasteiger partial charge >= 0.3 is 0 Å². The average molecular weight is 272 g/mol. The third-order valence-corrected chi connectivity index (χ3v) is 3.17. The first-order chi connectivity index (χ1) is 9.61. The van der Waals surface area contributed by atoms with E-state index >= 15 is 0 Å². The summed E-state index contributed by atoms with van der Waals surface area (Å²) in [5, 5.41) is 11.4. The van der Waals surface area contributed by atoms with E-state index in [1.807, 2.05) is 0 Å². The number of carbonyl (C=O) groups excluding carboxylic acids is 2. The van der Waals surface area contributed by atoms with Crippen LogP contribution < -0.4 is 5.32 Å². The van der Waals surface area contributed by atoms with E-state index in [-0.39, 0.29) is 18.4 Å². The van der Waals surface area contributed by atoms with Gasteiger partial charge in [0.1, 0.15) is 12.6 Å². The lowest BCUT2D eigenvalue weighted by atomic mass is 10.1. The molecule has 1 heterocycles. The van der Waals surface area contributed by atoms with Gasteiger partial charge in [-0.25, -0.2) is 0 Å². The lowest BCUT2D eigenvalue weighted by Crippen LogP contribution is -2.40. The third kappa shape index (κ3) is 3.16. The minimum atomic E-state index is -0.445. The summed E-state index contributed by atoms with van der Waals surface area (Å²) in [5.74, 6) is 4.93. The van der Waals surface area contributed by atoms with Gasteiger partial charge < -0.3 is 15.3 Å².